The van der Waals surface area contributed by atoms with Crippen LogP contribution in [0.3, 0.4) is 0 Å². The Kier molecular flexibility index (Phi) is 4.26. The Labute approximate surface area is 151 Å². The molecule has 0 aromatic carbocycles. The van der Waals surface area contributed by atoms with Gasteiger partial charge in [-0.1, -0.05) is 6.07 Å². The molecule has 1 aliphatic rings. The van der Waals surface area contributed by atoms with Crippen molar-refractivity contribution in [3.05, 3.63) is 36.4 Å². The molecule has 1 atom stereocenters. The number of aromatic nitrogens is 5. The van der Waals surface area contributed by atoms with Crippen molar-refractivity contribution in [2.75, 3.05) is 29.9 Å². The smallest absolute Gasteiger partial charge is 0.174 e. The van der Waals surface area contributed by atoms with Gasteiger partial charge in [-0.2, -0.15) is 5.10 Å². The highest BCUT2D eigenvalue weighted by Crippen LogP contribution is 2.34. The summed E-state index contributed by atoms with van der Waals surface area (Å²) in [4.78, 5) is 15.6. The summed E-state index contributed by atoms with van der Waals surface area (Å²) in [5.41, 5.74) is 4.68. The normalized spacial score (nSPS) is 14.7. The minimum Gasteiger partial charge on any atom is -0.394 e. The average Bonchev–Trinajstić information content (AvgIpc) is 3.21. The molecule has 8 heteroatoms. The summed E-state index contributed by atoms with van der Waals surface area (Å²) in [6.45, 7) is 5.75. The van der Waals surface area contributed by atoms with Crippen LogP contribution in [0.15, 0.2) is 30.7 Å². The molecule has 0 bridgehead atoms. The van der Waals surface area contributed by atoms with E-state index in [9.17, 15) is 5.11 Å². The van der Waals surface area contributed by atoms with Gasteiger partial charge in [0.15, 0.2) is 5.82 Å². The van der Waals surface area contributed by atoms with Crippen LogP contribution in [0.5, 0.6) is 0 Å². The van der Waals surface area contributed by atoms with Crippen LogP contribution < -0.4 is 10.2 Å². The maximum atomic E-state index is 9.56. The van der Waals surface area contributed by atoms with E-state index in [1.807, 2.05) is 32.2 Å². The van der Waals surface area contributed by atoms with Crippen molar-refractivity contribution in [2.24, 2.45) is 0 Å². The number of H-pyrrole nitrogens is 1. The molecule has 4 rings (SSSR count). The number of fused-ring (bicyclic) bond motifs is 1. The third kappa shape index (κ3) is 2.88. The molecule has 0 aliphatic carbocycles. The number of aromatic amines is 1. The second-order valence-electron chi connectivity index (χ2n) is 6.41. The standard InChI is InChI=1S/C18H21N7O/c1-11(9-26)25-6-5-19-18-16(25)7-13(8-20-18)14-3-4-15(23-12(14)2)17-21-10-22-24-17/h3-4,7-8,10-11,26H,5-6,9H2,1-2H3,(H,19,20)(H,21,22,24). The van der Waals surface area contributed by atoms with E-state index in [2.05, 4.69) is 41.4 Å². The molecule has 0 saturated carbocycles. The molecule has 26 heavy (non-hydrogen) atoms. The van der Waals surface area contributed by atoms with Crippen LogP contribution in [0.25, 0.3) is 22.6 Å². The molecule has 3 aromatic rings. The Balaban J connectivity index is 1.73. The van der Waals surface area contributed by atoms with Gasteiger partial charge in [0.25, 0.3) is 0 Å². The van der Waals surface area contributed by atoms with Crippen molar-refractivity contribution in [3.63, 3.8) is 0 Å². The first-order valence-electron chi connectivity index (χ1n) is 8.62. The minimum absolute atomic E-state index is 0.0425. The third-order valence-electron chi connectivity index (χ3n) is 4.67. The van der Waals surface area contributed by atoms with E-state index in [4.69, 9.17) is 0 Å². The topological polar surface area (TPSA) is 103 Å². The fraction of sp³-hybridized carbons (Fsp3) is 0.333. The molecule has 3 aromatic heterocycles. The van der Waals surface area contributed by atoms with E-state index >= 15 is 0 Å². The summed E-state index contributed by atoms with van der Waals surface area (Å²) < 4.78 is 0. The fourth-order valence-corrected chi connectivity index (χ4v) is 3.25. The Bertz CT molecular complexity index is 910. The summed E-state index contributed by atoms with van der Waals surface area (Å²) in [6, 6.07) is 6.11. The number of hydrogen-bond acceptors (Lipinski definition) is 7. The van der Waals surface area contributed by atoms with Crippen molar-refractivity contribution in [3.8, 4) is 22.6 Å². The van der Waals surface area contributed by atoms with Crippen LogP contribution >= 0.6 is 0 Å². The summed E-state index contributed by atoms with van der Waals surface area (Å²) in [7, 11) is 0. The lowest BCUT2D eigenvalue weighted by atomic mass is 10.0. The van der Waals surface area contributed by atoms with E-state index in [-0.39, 0.29) is 12.6 Å². The number of aliphatic hydroxyl groups is 1. The van der Waals surface area contributed by atoms with Gasteiger partial charge in [-0.05, 0) is 26.0 Å². The highest BCUT2D eigenvalue weighted by molar-refractivity contribution is 5.77. The van der Waals surface area contributed by atoms with Crippen molar-refractivity contribution in [1.82, 2.24) is 25.1 Å². The van der Waals surface area contributed by atoms with Gasteiger partial charge in [-0.25, -0.2) is 15.0 Å². The zero-order valence-corrected chi connectivity index (χ0v) is 14.8. The number of rotatable bonds is 4. The van der Waals surface area contributed by atoms with E-state index < -0.39 is 0 Å². The van der Waals surface area contributed by atoms with Crippen LogP contribution in [-0.4, -0.2) is 56.0 Å². The minimum atomic E-state index is 0.0425. The molecule has 8 nitrogen and oxygen atoms in total. The van der Waals surface area contributed by atoms with E-state index in [1.54, 1.807) is 0 Å². The van der Waals surface area contributed by atoms with Crippen LogP contribution in [0.2, 0.25) is 0 Å². The summed E-state index contributed by atoms with van der Waals surface area (Å²) in [6.07, 6.45) is 3.33. The summed E-state index contributed by atoms with van der Waals surface area (Å²) >= 11 is 0. The van der Waals surface area contributed by atoms with Crippen LogP contribution in [0, 0.1) is 6.92 Å². The van der Waals surface area contributed by atoms with Crippen molar-refractivity contribution in [1.29, 1.82) is 0 Å². The molecule has 0 fully saturated rings. The number of hydrogen-bond donors (Lipinski definition) is 3. The van der Waals surface area contributed by atoms with Crippen molar-refractivity contribution >= 4 is 11.5 Å². The molecule has 1 aliphatic heterocycles. The Hall–Kier alpha value is -3.00. The third-order valence-corrected chi connectivity index (χ3v) is 4.67. The first-order valence-corrected chi connectivity index (χ1v) is 8.62. The highest BCUT2D eigenvalue weighted by Gasteiger charge is 2.22. The molecule has 134 valence electrons. The monoisotopic (exact) mass is 351 g/mol. The van der Waals surface area contributed by atoms with Crippen molar-refractivity contribution < 1.29 is 5.11 Å². The molecular formula is C18H21N7O. The maximum Gasteiger partial charge on any atom is 0.174 e. The first kappa shape index (κ1) is 16.5. The average molecular weight is 351 g/mol. The van der Waals surface area contributed by atoms with Gasteiger partial charge in [0.2, 0.25) is 0 Å². The lowest BCUT2D eigenvalue weighted by Gasteiger charge is -2.35. The Morgan fingerprint density at radius 3 is 2.92 bits per heavy atom. The van der Waals surface area contributed by atoms with Crippen LogP contribution in [0.1, 0.15) is 12.6 Å². The zero-order valence-electron chi connectivity index (χ0n) is 14.8. The van der Waals surface area contributed by atoms with E-state index in [0.717, 1.165) is 47.1 Å². The SMILES string of the molecule is Cc1nc(-c2ncn[nH]2)ccc1-c1cnc2c(c1)N(C(C)CO)CCN2. The van der Waals surface area contributed by atoms with Crippen LogP contribution in [0.4, 0.5) is 11.5 Å². The summed E-state index contributed by atoms with van der Waals surface area (Å²) in [5.74, 6) is 1.50. The van der Waals surface area contributed by atoms with E-state index in [0.29, 0.717) is 5.82 Å². The van der Waals surface area contributed by atoms with Gasteiger partial charge >= 0.3 is 0 Å². The zero-order chi connectivity index (χ0) is 18.1. The number of aryl methyl sites for hydroxylation is 1. The van der Waals surface area contributed by atoms with Gasteiger partial charge in [0, 0.05) is 42.1 Å². The molecule has 0 saturated heterocycles. The van der Waals surface area contributed by atoms with Crippen molar-refractivity contribution in [2.45, 2.75) is 19.9 Å². The Morgan fingerprint density at radius 1 is 1.31 bits per heavy atom. The fourth-order valence-electron chi connectivity index (χ4n) is 3.25. The lowest BCUT2D eigenvalue weighted by molar-refractivity contribution is 0.267. The van der Waals surface area contributed by atoms with Gasteiger partial charge in [0.05, 0.1) is 12.3 Å². The predicted molar refractivity (Wildman–Crippen MR) is 100.0 cm³/mol. The Morgan fingerprint density at radius 2 is 2.19 bits per heavy atom. The van der Waals surface area contributed by atoms with Gasteiger partial charge in [-0.3, -0.25) is 5.10 Å². The number of anilines is 2. The number of nitrogens with one attached hydrogen (secondary N) is 2. The van der Waals surface area contributed by atoms with E-state index in [1.165, 1.54) is 6.33 Å². The second-order valence-corrected chi connectivity index (χ2v) is 6.41. The largest absolute Gasteiger partial charge is 0.394 e. The lowest BCUT2D eigenvalue weighted by Crippen LogP contribution is -2.42. The molecule has 0 radical (unpaired) electrons. The quantitative estimate of drug-likeness (QED) is 0.659. The van der Waals surface area contributed by atoms with Gasteiger partial charge in [-0.15, -0.1) is 0 Å². The first-order chi connectivity index (χ1) is 12.7. The second kappa shape index (κ2) is 6.72. The molecule has 0 spiro atoms. The molecule has 1 unspecified atom stereocenters. The number of pyridine rings is 2. The van der Waals surface area contributed by atoms with Gasteiger partial charge in [0.1, 0.15) is 17.8 Å². The number of nitrogens with zero attached hydrogens (tertiary/aromatic N) is 5. The van der Waals surface area contributed by atoms with Gasteiger partial charge < -0.3 is 15.3 Å². The molecule has 0 amide bonds. The molecule has 3 N–H and O–H groups in total. The number of aliphatic hydroxyl groups excluding tert-OH is 1. The predicted octanol–water partition coefficient (Wildman–Crippen LogP) is 1.85. The molecule has 4 heterocycles. The highest BCUT2D eigenvalue weighted by atomic mass is 16.3. The molecular weight excluding hydrogens is 330 g/mol. The van der Waals surface area contributed by atoms with Crippen LogP contribution in [-0.2, 0) is 0 Å². The summed E-state index contributed by atoms with van der Waals surface area (Å²) in [5, 5.41) is 19.6. The maximum absolute atomic E-state index is 9.56.